The Hall–Kier alpha value is -1.88. The molecule has 0 radical (unpaired) electrons. The van der Waals surface area contributed by atoms with E-state index >= 15 is 0 Å². The minimum Gasteiger partial charge on any atom is -0.449 e. The van der Waals surface area contributed by atoms with Crippen molar-refractivity contribution < 1.29 is 14.6 Å². The number of aromatic nitrogens is 2. The van der Waals surface area contributed by atoms with Gasteiger partial charge in [0.2, 0.25) is 0 Å². The van der Waals surface area contributed by atoms with Gasteiger partial charge < -0.3 is 9.84 Å². The van der Waals surface area contributed by atoms with Gasteiger partial charge in [-0.15, -0.1) is 0 Å². The summed E-state index contributed by atoms with van der Waals surface area (Å²) in [5.74, 6) is -0.206. The van der Waals surface area contributed by atoms with Gasteiger partial charge in [0.25, 0.3) is 5.88 Å². The summed E-state index contributed by atoms with van der Waals surface area (Å²) in [5.41, 5.74) is 1.11. The monoisotopic (exact) mass is 224 g/mol. The van der Waals surface area contributed by atoms with Crippen LogP contribution in [0.1, 0.15) is 0 Å². The van der Waals surface area contributed by atoms with Gasteiger partial charge in [-0.25, -0.2) is 14.8 Å². The normalized spacial score (nSPS) is 10.2. The predicted octanol–water partition coefficient (Wildman–Crippen LogP) is 2.34. The van der Waals surface area contributed by atoms with Crippen LogP contribution in [0.15, 0.2) is 24.3 Å². The molecule has 0 atom stereocenters. The smallest absolute Gasteiger partial charge is 0.449 e. The van der Waals surface area contributed by atoms with Crippen LogP contribution in [-0.4, -0.2) is 21.2 Å². The molecule has 0 spiro atoms. The highest BCUT2D eigenvalue weighted by molar-refractivity contribution is 6.31. The maximum atomic E-state index is 10.3. The summed E-state index contributed by atoms with van der Waals surface area (Å²) < 4.78 is 4.36. The highest BCUT2D eigenvalue weighted by atomic mass is 35.5. The van der Waals surface area contributed by atoms with Crippen LogP contribution >= 0.6 is 11.6 Å². The van der Waals surface area contributed by atoms with E-state index in [-0.39, 0.29) is 11.0 Å². The average Bonchev–Trinajstić information content (AvgIpc) is 2.18. The fraction of sp³-hybridized carbons (Fsp3) is 0. The van der Waals surface area contributed by atoms with Crippen LogP contribution in [0, 0.1) is 0 Å². The first-order chi connectivity index (χ1) is 7.16. The zero-order valence-electron chi connectivity index (χ0n) is 7.35. The molecule has 76 valence electrons. The Kier molecular flexibility index (Phi) is 2.39. The maximum Gasteiger partial charge on any atom is 0.512 e. The molecule has 0 saturated heterocycles. The van der Waals surface area contributed by atoms with Gasteiger partial charge in [-0.2, -0.15) is 0 Å². The van der Waals surface area contributed by atoms with Crippen LogP contribution in [-0.2, 0) is 0 Å². The summed E-state index contributed by atoms with van der Waals surface area (Å²) in [7, 11) is 0. The zero-order valence-corrected chi connectivity index (χ0v) is 8.10. The molecule has 0 saturated carbocycles. The summed E-state index contributed by atoms with van der Waals surface area (Å²) >= 11 is 5.69. The van der Waals surface area contributed by atoms with Crippen molar-refractivity contribution >= 4 is 28.8 Å². The van der Waals surface area contributed by atoms with E-state index in [1.54, 1.807) is 24.3 Å². The Bertz CT molecular complexity index is 530. The number of rotatable bonds is 1. The van der Waals surface area contributed by atoms with Gasteiger partial charge >= 0.3 is 6.16 Å². The fourth-order valence-electron chi connectivity index (χ4n) is 1.11. The molecule has 2 aromatic rings. The molecule has 0 fully saturated rings. The van der Waals surface area contributed by atoms with Crippen LogP contribution in [0.4, 0.5) is 4.79 Å². The highest BCUT2D eigenvalue weighted by Crippen LogP contribution is 2.22. The largest absolute Gasteiger partial charge is 0.512 e. The number of carboxylic acid groups (broad SMARTS) is 1. The first-order valence-electron chi connectivity index (χ1n) is 4.00. The van der Waals surface area contributed by atoms with Crippen molar-refractivity contribution in [3.05, 3.63) is 29.4 Å². The Labute approximate surface area is 89.3 Å². The first-order valence-corrected chi connectivity index (χ1v) is 4.37. The van der Waals surface area contributed by atoms with E-state index in [0.29, 0.717) is 11.0 Å². The Morgan fingerprint density at radius 3 is 2.47 bits per heavy atom. The SMILES string of the molecule is O=C(O)Oc1nc2ccccc2nc1Cl. The van der Waals surface area contributed by atoms with Crippen LogP contribution in [0.3, 0.4) is 0 Å². The van der Waals surface area contributed by atoms with Crippen molar-refractivity contribution in [2.24, 2.45) is 0 Å². The maximum absolute atomic E-state index is 10.3. The molecule has 1 heterocycles. The number of benzene rings is 1. The zero-order chi connectivity index (χ0) is 10.8. The Morgan fingerprint density at radius 1 is 1.27 bits per heavy atom. The first kappa shape index (κ1) is 9.67. The summed E-state index contributed by atoms with van der Waals surface area (Å²) in [6.45, 7) is 0. The topological polar surface area (TPSA) is 72.3 Å². The van der Waals surface area contributed by atoms with Crippen molar-refractivity contribution in [3.63, 3.8) is 0 Å². The van der Waals surface area contributed by atoms with Gasteiger partial charge in [-0.05, 0) is 12.1 Å². The van der Waals surface area contributed by atoms with Gasteiger partial charge in [0.1, 0.15) is 0 Å². The molecule has 0 bridgehead atoms. The number of ether oxygens (including phenoxy) is 1. The van der Waals surface area contributed by atoms with Crippen LogP contribution in [0.25, 0.3) is 11.0 Å². The third kappa shape index (κ3) is 1.97. The van der Waals surface area contributed by atoms with Crippen molar-refractivity contribution in [2.75, 3.05) is 0 Å². The molecule has 0 aliphatic heterocycles. The van der Waals surface area contributed by atoms with E-state index in [1.807, 2.05) is 0 Å². The highest BCUT2D eigenvalue weighted by Gasteiger charge is 2.10. The molecule has 1 N–H and O–H groups in total. The number of nitrogens with zero attached hydrogens (tertiary/aromatic N) is 2. The minimum atomic E-state index is -1.47. The molecule has 0 aliphatic rings. The van der Waals surface area contributed by atoms with Crippen molar-refractivity contribution in [3.8, 4) is 5.88 Å². The number of fused-ring (bicyclic) bond motifs is 1. The lowest BCUT2D eigenvalue weighted by Gasteiger charge is -2.02. The van der Waals surface area contributed by atoms with Crippen LogP contribution in [0.2, 0.25) is 5.15 Å². The van der Waals surface area contributed by atoms with Crippen molar-refractivity contribution in [1.82, 2.24) is 9.97 Å². The number of hydrogen-bond acceptors (Lipinski definition) is 4. The average molecular weight is 225 g/mol. The quantitative estimate of drug-likeness (QED) is 0.753. The molecule has 1 aromatic heterocycles. The lowest BCUT2D eigenvalue weighted by molar-refractivity contribution is 0.142. The number of halogens is 1. The predicted molar refractivity (Wildman–Crippen MR) is 53.2 cm³/mol. The summed E-state index contributed by atoms with van der Waals surface area (Å²) in [6, 6.07) is 6.95. The van der Waals surface area contributed by atoms with Crippen LogP contribution in [0.5, 0.6) is 5.88 Å². The van der Waals surface area contributed by atoms with E-state index in [4.69, 9.17) is 16.7 Å². The molecule has 0 unspecified atom stereocenters. The van der Waals surface area contributed by atoms with Gasteiger partial charge in [-0.1, -0.05) is 23.7 Å². The molecule has 2 rings (SSSR count). The molecule has 1 aromatic carbocycles. The fourth-order valence-corrected chi connectivity index (χ4v) is 1.28. The second-order valence-electron chi connectivity index (χ2n) is 2.68. The Balaban J connectivity index is 2.56. The lowest BCUT2D eigenvalue weighted by atomic mass is 10.3. The van der Waals surface area contributed by atoms with Crippen molar-refractivity contribution in [2.45, 2.75) is 0 Å². The third-order valence-corrected chi connectivity index (χ3v) is 1.93. The minimum absolute atomic E-state index is 0.0731. The number of carbonyl (C=O) groups is 1. The molecular weight excluding hydrogens is 220 g/mol. The molecule has 0 amide bonds. The summed E-state index contributed by atoms with van der Waals surface area (Å²) in [5, 5.41) is 8.34. The number of hydrogen-bond donors (Lipinski definition) is 1. The van der Waals surface area contributed by atoms with Gasteiger partial charge in [0.15, 0.2) is 5.15 Å². The summed E-state index contributed by atoms with van der Waals surface area (Å²) in [4.78, 5) is 18.2. The van der Waals surface area contributed by atoms with Gasteiger partial charge in [0, 0.05) is 0 Å². The van der Waals surface area contributed by atoms with E-state index < -0.39 is 6.16 Å². The van der Waals surface area contributed by atoms with E-state index in [2.05, 4.69) is 14.7 Å². The summed E-state index contributed by atoms with van der Waals surface area (Å²) in [6.07, 6.45) is -1.47. The number of para-hydroxylation sites is 2. The Morgan fingerprint density at radius 2 is 1.87 bits per heavy atom. The van der Waals surface area contributed by atoms with Crippen molar-refractivity contribution in [1.29, 1.82) is 0 Å². The second-order valence-corrected chi connectivity index (χ2v) is 3.03. The molecule has 15 heavy (non-hydrogen) atoms. The molecule has 0 aliphatic carbocycles. The standard InChI is InChI=1S/C9H5ClN2O3/c10-7-8(15-9(13)14)12-6-4-2-1-3-5(6)11-7/h1-4H,(H,13,14). The van der Waals surface area contributed by atoms with E-state index in [1.165, 1.54) is 0 Å². The molecule has 5 nitrogen and oxygen atoms in total. The van der Waals surface area contributed by atoms with Gasteiger partial charge in [0.05, 0.1) is 11.0 Å². The second kappa shape index (κ2) is 3.70. The van der Waals surface area contributed by atoms with Gasteiger partial charge in [-0.3, -0.25) is 0 Å². The lowest BCUT2D eigenvalue weighted by Crippen LogP contribution is -2.05. The molecule has 6 heteroatoms. The third-order valence-electron chi connectivity index (χ3n) is 1.68. The van der Waals surface area contributed by atoms with Crippen LogP contribution < -0.4 is 4.74 Å². The van der Waals surface area contributed by atoms with E-state index in [9.17, 15) is 4.79 Å². The molecular formula is C9H5ClN2O3. The van der Waals surface area contributed by atoms with E-state index in [0.717, 1.165) is 0 Å².